The van der Waals surface area contributed by atoms with Crippen LogP contribution in [0.4, 0.5) is 13.2 Å². The third-order valence-corrected chi connectivity index (χ3v) is 3.96. The number of nitrogens with zero attached hydrogens (tertiary/aromatic N) is 5. The molecule has 7 nitrogen and oxygen atoms in total. The zero-order chi connectivity index (χ0) is 17.3. The van der Waals surface area contributed by atoms with Gasteiger partial charge in [-0.2, -0.15) is 28.8 Å². The maximum Gasteiger partial charge on any atom is 0.471 e. The van der Waals surface area contributed by atoms with Crippen molar-refractivity contribution >= 4 is 16.2 Å². The van der Waals surface area contributed by atoms with E-state index in [0.717, 1.165) is 0 Å². The third kappa shape index (κ3) is 3.40. The second kappa shape index (κ2) is 6.23. The van der Waals surface area contributed by atoms with Gasteiger partial charge in [-0.1, -0.05) is 17.8 Å². The lowest BCUT2D eigenvalue weighted by atomic mass is 10.3. The number of pyridine rings is 1. The number of halogens is 3. The molecule has 0 fully saturated rings. The predicted molar refractivity (Wildman–Crippen MR) is 78.2 cm³/mol. The third-order valence-electron chi connectivity index (χ3n) is 3.05. The molecule has 0 bridgehead atoms. The quantitative estimate of drug-likeness (QED) is 0.669. The molecule has 24 heavy (non-hydrogen) atoms. The van der Waals surface area contributed by atoms with E-state index in [2.05, 4.69) is 24.0 Å². The Hall–Kier alpha value is -2.43. The normalized spacial score (nSPS) is 13.7. The second-order valence-electron chi connectivity index (χ2n) is 4.73. The molecule has 0 aromatic carbocycles. The summed E-state index contributed by atoms with van der Waals surface area (Å²) in [4.78, 5) is 7.63. The molecule has 0 atom stereocenters. The van der Waals surface area contributed by atoms with Gasteiger partial charge >= 0.3 is 12.1 Å². The second-order valence-corrected chi connectivity index (χ2v) is 6.21. The zero-order valence-electron chi connectivity index (χ0n) is 12.3. The summed E-state index contributed by atoms with van der Waals surface area (Å²) in [5.41, 5.74) is 1.52. The van der Waals surface area contributed by atoms with Crippen LogP contribution in [0.15, 0.2) is 33.4 Å². The van der Waals surface area contributed by atoms with Gasteiger partial charge in [-0.25, -0.2) is 4.98 Å². The fraction of sp³-hybridized carbons (Fsp3) is 0.308. The molecule has 3 aromatic rings. The number of fused-ring (bicyclic) bond motifs is 1. The van der Waals surface area contributed by atoms with Crippen LogP contribution in [0.5, 0.6) is 0 Å². The molecular weight excluding hydrogens is 347 g/mol. The van der Waals surface area contributed by atoms with Gasteiger partial charge in [0.05, 0.1) is 12.2 Å². The molecule has 0 unspecified atom stereocenters. The van der Waals surface area contributed by atoms with Crippen LogP contribution in [0, 0.1) is 0 Å². The van der Waals surface area contributed by atoms with Crippen LogP contribution < -0.4 is 0 Å². The van der Waals surface area contributed by atoms with Crippen LogP contribution >= 0.6 is 0 Å². The van der Waals surface area contributed by atoms with Crippen LogP contribution in [-0.2, 0) is 27.5 Å². The number of hydrogen-bond acceptors (Lipinski definition) is 7. The summed E-state index contributed by atoms with van der Waals surface area (Å²) in [5, 5.41) is 3.34. The van der Waals surface area contributed by atoms with E-state index in [-0.39, 0.29) is 12.4 Å². The van der Waals surface area contributed by atoms with Crippen molar-refractivity contribution < 1.29 is 21.9 Å². The monoisotopic (exact) mass is 358 g/mol. The fourth-order valence-electron chi connectivity index (χ4n) is 1.94. The standard InChI is InChI=1S/C13H11F3N5O2S/c1-2-24(22)17-5-9-7-21-6-8(3-4-10(21)18-9)11-19-12(23-20-11)13(14,15)16/h3-4,6-7H,2,5H2,1H3/q-1. The lowest BCUT2D eigenvalue weighted by Gasteiger charge is -1.97. The van der Waals surface area contributed by atoms with E-state index in [9.17, 15) is 17.4 Å². The van der Waals surface area contributed by atoms with Gasteiger partial charge in [-0.05, 0) is 12.1 Å². The Kier molecular flexibility index (Phi) is 4.26. The van der Waals surface area contributed by atoms with Gasteiger partial charge < -0.3 is 17.5 Å². The highest BCUT2D eigenvalue weighted by Gasteiger charge is 2.38. The van der Waals surface area contributed by atoms with Gasteiger partial charge in [0.25, 0.3) is 0 Å². The van der Waals surface area contributed by atoms with Gasteiger partial charge in [-0.15, -0.1) is 0 Å². The maximum atomic E-state index is 12.5. The van der Waals surface area contributed by atoms with E-state index in [1.165, 1.54) is 6.20 Å². The average molecular weight is 358 g/mol. The van der Waals surface area contributed by atoms with Crippen molar-refractivity contribution in [1.29, 1.82) is 0 Å². The summed E-state index contributed by atoms with van der Waals surface area (Å²) in [6.45, 7) is 1.95. The Morgan fingerprint density at radius 2 is 2.08 bits per heavy atom. The highest BCUT2D eigenvalue weighted by Crippen LogP contribution is 2.29. The lowest BCUT2D eigenvalue weighted by molar-refractivity contribution is -0.159. The average Bonchev–Trinajstić information content (AvgIpc) is 3.17. The number of rotatable bonds is 4. The topological polar surface area (TPSA) is 85.7 Å². The van der Waals surface area contributed by atoms with E-state index in [0.29, 0.717) is 22.7 Å². The molecule has 0 aliphatic heterocycles. The van der Waals surface area contributed by atoms with Crippen molar-refractivity contribution in [2.75, 3.05) is 5.75 Å². The molecule has 3 rings (SSSR count). The van der Waals surface area contributed by atoms with Crippen LogP contribution in [0.2, 0.25) is 0 Å². The molecule has 11 heteroatoms. The molecule has 3 aromatic heterocycles. The molecule has 3 heterocycles. The van der Waals surface area contributed by atoms with Crippen molar-refractivity contribution in [3.05, 3.63) is 36.1 Å². The Balaban J connectivity index is 1.91. The van der Waals surface area contributed by atoms with Crippen LogP contribution in [-0.4, -0.2) is 25.3 Å². The first-order valence-electron chi connectivity index (χ1n) is 6.81. The Morgan fingerprint density at radius 3 is 2.75 bits per heavy atom. The minimum atomic E-state index is -4.69. The maximum absolute atomic E-state index is 12.5. The van der Waals surface area contributed by atoms with Gasteiger partial charge in [0.2, 0.25) is 5.82 Å². The number of imidazole rings is 1. The first-order valence-corrected chi connectivity index (χ1v) is 8.09. The predicted octanol–water partition coefficient (Wildman–Crippen LogP) is 3.07. The first kappa shape index (κ1) is 16.4. The summed E-state index contributed by atoms with van der Waals surface area (Å²) < 4.78 is 58.6. The van der Waals surface area contributed by atoms with Gasteiger partial charge in [-0.3, -0.25) is 0 Å². The summed E-state index contributed by atoms with van der Waals surface area (Å²) in [6, 6.07) is 3.15. The van der Waals surface area contributed by atoms with Crippen molar-refractivity contribution in [2.24, 2.45) is 4.36 Å². The summed E-state index contributed by atoms with van der Waals surface area (Å²) >= 11 is 0. The van der Waals surface area contributed by atoms with Gasteiger partial charge in [0.1, 0.15) is 5.65 Å². The Morgan fingerprint density at radius 1 is 1.29 bits per heavy atom. The zero-order valence-corrected chi connectivity index (χ0v) is 13.1. The summed E-state index contributed by atoms with van der Waals surface area (Å²) in [5.74, 6) is -1.14. The van der Waals surface area contributed by atoms with E-state index >= 15 is 0 Å². The van der Waals surface area contributed by atoms with Crippen LogP contribution in [0.1, 0.15) is 18.5 Å². The molecule has 0 N–H and O–H groups in total. The molecular formula is C13H11F3N5O2S-. The molecule has 0 aliphatic carbocycles. The van der Waals surface area contributed by atoms with Crippen molar-refractivity contribution in [3.8, 4) is 11.4 Å². The van der Waals surface area contributed by atoms with E-state index < -0.39 is 22.7 Å². The molecule has 0 spiro atoms. The first-order chi connectivity index (χ1) is 11.4. The molecule has 0 amide bonds. The molecule has 128 valence electrons. The van der Waals surface area contributed by atoms with Crippen molar-refractivity contribution in [2.45, 2.75) is 19.6 Å². The number of alkyl halides is 3. The van der Waals surface area contributed by atoms with E-state index in [1.807, 2.05) is 0 Å². The van der Waals surface area contributed by atoms with Gasteiger partial charge in [0.15, 0.2) is 0 Å². The Labute approximate surface area is 135 Å². The summed E-state index contributed by atoms with van der Waals surface area (Å²) in [6.07, 6.45) is -1.50. The van der Waals surface area contributed by atoms with Crippen molar-refractivity contribution in [3.63, 3.8) is 0 Å². The minimum absolute atomic E-state index is 0.170. The van der Waals surface area contributed by atoms with Crippen LogP contribution in [0.3, 0.4) is 0 Å². The molecule has 0 aliphatic rings. The number of aromatic nitrogens is 4. The highest BCUT2D eigenvalue weighted by molar-refractivity contribution is 7.74. The SMILES string of the molecule is CC[S-](=O)=NCc1cn2cc(-c3noc(C(F)(F)F)n3)ccc2n1. The van der Waals surface area contributed by atoms with Crippen LogP contribution in [0.25, 0.3) is 17.0 Å². The largest absolute Gasteiger partial charge is 0.471 e. The molecule has 0 saturated carbocycles. The fourth-order valence-corrected chi connectivity index (χ4v) is 2.40. The highest BCUT2D eigenvalue weighted by atomic mass is 32.2. The molecule has 0 radical (unpaired) electrons. The smallest absolute Gasteiger partial charge is 0.444 e. The van der Waals surface area contributed by atoms with Gasteiger partial charge in [0, 0.05) is 18.0 Å². The molecule has 0 saturated heterocycles. The minimum Gasteiger partial charge on any atom is -0.444 e. The Bertz CT molecular complexity index is 956. The van der Waals surface area contributed by atoms with E-state index in [4.69, 9.17) is 0 Å². The van der Waals surface area contributed by atoms with Crippen molar-refractivity contribution in [1.82, 2.24) is 19.5 Å². The lowest BCUT2D eigenvalue weighted by Crippen LogP contribution is -2.04. The summed E-state index contributed by atoms with van der Waals surface area (Å²) in [7, 11) is -1.25. The number of hydrogen-bond donors (Lipinski definition) is 0. The van der Waals surface area contributed by atoms with E-state index in [1.54, 1.807) is 29.7 Å².